The fourth-order valence-corrected chi connectivity index (χ4v) is 7.81. The fraction of sp³-hybridized carbons (Fsp3) is 0.111. The molecular weight excluding hydrogens is 705 g/mol. The lowest BCUT2D eigenvalue weighted by molar-refractivity contribution is 0.963. The molecule has 4 heterocycles. The van der Waals surface area contributed by atoms with Crippen LogP contribution >= 0.6 is 0 Å². The maximum absolute atomic E-state index is 5.40. The Morgan fingerprint density at radius 3 is 1.67 bits per heavy atom. The van der Waals surface area contributed by atoms with E-state index in [2.05, 4.69) is 177 Å². The molecule has 2 N–H and O–H groups in total. The van der Waals surface area contributed by atoms with Gasteiger partial charge in [-0.1, -0.05) is 135 Å². The summed E-state index contributed by atoms with van der Waals surface area (Å²) in [4.78, 5) is 14.1. The first-order valence-electron chi connectivity index (χ1n) is 20.0. The monoisotopic (exact) mass is 752 g/mol. The van der Waals surface area contributed by atoms with E-state index in [1.807, 2.05) is 24.4 Å². The molecule has 58 heavy (non-hydrogen) atoms. The number of hydrogen-bond donors (Lipinski definition) is 2. The normalized spacial score (nSPS) is 24.5. The first-order chi connectivity index (χ1) is 28.5. The standard InChI is InChI=1S/C54H48N4/c1-5-42-35-55-50(46(42)29-39-22-14-9-15-23-39)32-49-37(4)45(28-38-20-12-8-13-21-38)53(57-49)34-54-48(31-41-26-18-11-19-27-41)44(7-3)52(58-54)33-51-47(43(6-2)36-56-51)30-40-24-16-10-17-25-40/h5-20,22,24,26,28-35,56-57H,1-3,21,23,25,27,36H2,4H3/b38-28-,39-29-,40-30-,41-31-,50-32-,51-33-,54-34-. The number of aromatic amines is 1. The van der Waals surface area contributed by atoms with E-state index in [4.69, 9.17) is 9.98 Å². The van der Waals surface area contributed by atoms with Crippen molar-refractivity contribution in [3.8, 4) is 0 Å². The third kappa shape index (κ3) is 8.23. The number of nitrogens with zero attached hydrogens (tertiary/aromatic N) is 2. The minimum absolute atomic E-state index is 0.715. The molecule has 1 aromatic rings. The van der Waals surface area contributed by atoms with E-state index in [1.165, 1.54) is 27.9 Å². The van der Waals surface area contributed by atoms with Crippen LogP contribution in [0, 0.1) is 6.92 Å². The van der Waals surface area contributed by atoms with Gasteiger partial charge in [0.15, 0.2) is 0 Å². The van der Waals surface area contributed by atoms with E-state index in [1.54, 1.807) is 0 Å². The van der Waals surface area contributed by atoms with Crippen LogP contribution in [0.25, 0.3) is 18.2 Å². The molecule has 0 amide bonds. The van der Waals surface area contributed by atoms with Crippen LogP contribution in [-0.4, -0.2) is 23.5 Å². The highest BCUT2D eigenvalue weighted by molar-refractivity contribution is 6.15. The molecule has 4 aliphatic carbocycles. The van der Waals surface area contributed by atoms with Gasteiger partial charge in [0, 0.05) is 63.3 Å². The fourth-order valence-electron chi connectivity index (χ4n) is 7.81. The van der Waals surface area contributed by atoms with Crippen LogP contribution in [0.5, 0.6) is 0 Å². The molecule has 0 spiro atoms. The van der Waals surface area contributed by atoms with E-state index in [0.29, 0.717) is 6.54 Å². The molecule has 8 rings (SSSR count). The van der Waals surface area contributed by atoms with E-state index < -0.39 is 0 Å². The number of rotatable bonds is 10. The maximum Gasteiger partial charge on any atom is 0.0737 e. The lowest BCUT2D eigenvalue weighted by atomic mass is 9.96. The van der Waals surface area contributed by atoms with Crippen molar-refractivity contribution in [1.29, 1.82) is 0 Å². The maximum atomic E-state index is 5.40. The molecule has 0 aromatic carbocycles. The molecule has 3 aliphatic heterocycles. The molecule has 7 aliphatic rings. The third-order valence-electron chi connectivity index (χ3n) is 11.0. The van der Waals surface area contributed by atoms with Crippen LogP contribution in [0.3, 0.4) is 0 Å². The van der Waals surface area contributed by atoms with Gasteiger partial charge in [0.1, 0.15) is 0 Å². The predicted molar refractivity (Wildman–Crippen MR) is 249 cm³/mol. The molecule has 0 fully saturated rings. The second-order valence-corrected chi connectivity index (χ2v) is 14.8. The zero-order chi connectivity index (χ0) is 39.8. The van der Waals surface area contributed by atoms with E-state index in [0.717, 1.165) is 98.9 Å². The van der Waals surface area contributed by atoms with Crippen molar-refractivity contribution in [1.82, 2.24) is 10.3 Å². The summed E-state index contributed by atoms with van der Waals surface area (Å²) in [6.45, 7) is 15.4. The molecular formula is C54H48N4. The van der Waals surface area contributed by atoms with Crippen LogP contribution < -0.4 is 5.32 Å². The van der Waals surface area contributed by atoms with E-state index in [9.17, 15) is 0 Å². The Balaban J connectivity index is 1.27. The van der Waals surface area contributed by atoms with E-state index in [-0.39, 0.29) is 0 Å². The molecule has 4 heteroatoms. The van der Waals surface area contributed by atoms with Crippen LogP contribution in [0.4, 0.5) is 0 Å². The van der Waals surface area contributed by atoms with Crippen molar-refractivity contribution in [2.75, 3.05) is 6.54 Å². The first-order valence-corrected chi connectivity index (χ1v) is 20.0. The lowest BCUT2D eigenvalue weighted by Crippen LogP contribution is -2.10. The van der Waals surface area contributed by atoms with Gasteiger partial charge in [0.25, 0.3) is 0 Å². The van der Waals surface area contributed by atoms with Crippen molar-refractivity contribution in [3.05, 3.63) is 255 Å². The minimum Gasteiger partial charge on any atom is -0.380 e. The van der Waals surface area contributed by atoms with Crippen LogP contribution in [-0.2, 0) is 0 Å². The Labute approximate surface area is 343 Å². The van der Waals surface area contributed by atoms with Gasteiger partial charge in [0.05, 0.1) is 17.1 Å². The highest BCUT2D eigenvalue weighted by atomic mass is 14.9. The average molecular weight is 753 g/mol. The van der Waals surface area contributed by atoms with Gasteiger partial charge in [-0.2, -0.15) is 0 Å². The van der Waals surface area contributed by atoms with Gasteiger partial charge in [-0.05, 0) is 109 Å². The Morgan fingerprint density at radius 1 is 0.552 bits per heavy atom. The summed E-state index contributed by atoms with van der Waals surface area (Å²) in [6, 6.07) is 0. The zero-order valence-corrected chi connectivity index (χ0v) is 33.1. The van der Waals surface area contributed by atoms with Gasteiger partial charge in [-0.25, -0.2) is 4.99 Å². The Bertz CT molecular complexity index is 2620. The van der Waals surface area contributed by atoms with Gasteiger partial charge < -0.3 is 10.3 Å². The average Bonchev–Trinajstić information content (AvgIpc) is 4.00. The van der Waals surface area contributed by atoms with Crippen molar-refractivity contribution in [3.63, 3.8) is 0 Å². The van der Waals surface area contributed by atoms with E-state index >= 15 is 0 Å². The largest absolute Gasteiger partial charge is 0.380 e. The first kappa shape index (κ1) is 37.9. The Morgan fingerprint density at radius 2 is 1.12 bits per heavy atom. The SMILES string of the molecule is C=CC1=C(/C=C2/C=CC=CC2)/C(=C/c2[nH]c(/C=C3N=C(/C=C4\NCC(C=C)=C4/C=C4/C=CC=CC4)C(C=C)=C\3/C=C3/C=CC=CC3)c(/C=C3/C=CC=CC3)c2C)N=C1. The summed E-state index contributed by atoms with van der Waals surface area (Å²) in [6.07, 6.45) is 61.0. The molecule has 1 aromatic heterocycles. The second kappa shape index (κ2) is 17.4. The topological polar surface area (TPSA) is 52.5 Å². The molecule has 0 bridgehead atoms. The highest BCUT2D eigenvalue weighted by Gasteiger charge is 2.25. The molecule has 0 atom stereocenters. The van der Waals surface area contributed by atoms with Gasteiger partial charge >= 0.3 is 0 Å². The predicted octanol–water partition coefficient (Wildman–Crippen LogP) is 12.7. The smallest absolute Gasteiger partial charge is 0.0737 e. The van der Waals surface area contributed by atoms with Crippen molar-refractivity contribution >= 4 is 30.2 Å². The highest BCUT2D eigenvalue weighted by Crippen LogP contribution is 2.37. The molecule has 0 unspecified atom stereocenters. The number of H-pyrrole nitrogens is 1. The molecule has 284 valence electrons. The van der Waals surface area contributed by atoms with Crippen LogP contribution in [0.15, 0.2) is 242 Å². The number of aliphatic imine (C=N–C) groups is 2. The summed E-state index contributed by atoms with van der Waals surface area (Å²) in [5.74, 6) is 0. The number of nitrogens with one attached hydrogen (secondary N) is 2. The Kier molecular flexibility index (Phi) is 11.4. The van der Waals surface area contributed by atoms with Crippen molar-refractivity contribution in [2.45, 2.75) is 32.6 Å². The molecule has 0 saturated carbocycles. The summed E-state index contributed by atoms with van der Waals surface area (Å²) in [5, 5.41) is 3.64. The minimum atomic E-state index is 0.715. The summed E-state index contributed by atoms with van der Waals surface area (Å²) < 4.78 is 0. The summed E-state index contributed by atoms with van der Waals surface area (Å²) >= 11 is 0. The molecule has 0 radical (unpaired) electrons. The van der Waals surface area contributed by atoms with Crippen LogP contribution in [0.2, 0.25) is 0 Å². The molecule has 0 saturated heterocycles. The van der Waals surface area contributed by atoms with Gasteiger partial charge in [-0.15, -0.1) is 0 Å². The summed E-state index contributed by atoms with van der Waals surface area (Å²) in [7, 11) is 0. The second-order valence-electron chi connectivity index (χ2n) is 14.8. The third-order valence-corrected chi connectivity index (χ3v) is 11.0. The number of aromatic nitrogens is 1. The zero-order valence-electron chi connectivity index (χ0n) is 33.1. The van der Waals surface area contributed by atoms with Gasteiger partial charge in [-0.3, -0.25) is 4.99 Å². The number of allylic oxidation sites excluding steroid dienone is 28. The summed E-state index contributed by atoms with van der Waals surface area (Å²) in [5.41, 5.74) is 19.3. The Hall–Kier alpha value is -7.04. The quantitative estimate of drug-likeness (QED) is 0.246. The molecule has 4 nitrogen and oxygen atoms in total. The lowest BCUT2D eigenvalue weighted by Gasteiger charge is -2.08. The van der Waals surface area contributed by atoms with Gasteiger partial charge in [0.2, 0.25) is 0 Å². The van der Waals surface area contributed by atoms with Crippen molar-refractivity contribution in [2.24, 2.45) is 9.98 Å². The number of hydrogen-bond acceptors (Lipinski definition) is 3. The van der Waals surface area contributed by atoms with Crippen molar-refractivity contribution < 1.29 is 0 Å². The van der Waals surface area contributed by atoms with Crippen LogP contribution in [0.1, 0.15) is 48.2 Å².